The normalized spacial score (nSPS) is 17.7. The van der Waals surface area contributed by atoms with E-state index in [1.165, 1.54) is 12.1 Å². The van der Waals surface area contributed by atoms with Crippen molar-refractivity contribution in [3.05, 3.63) is 102 Å². The van der Waals surface area contributed by atoms with Crippen LogP contribution < -0.4 is 5.32 Å². The van der Waals surface area contributed by atoms with Crippen LogP contribution in [0.15, 0.2) is 78.9 Å². The molecule has 0 spiro atoms. The topological polar surface area (TPSA) is 89.8 Å². The SMILES string of the molecule is CC(=O)C[C@H]1C[C@@H](CCn2c(-c3ccc(F)cc3)c(-c3ccccc3)c(C(=O)Nc3ccc(CO)cc3)c2C(C)C)OC(C)(C)O1. The Balaban J connectivity index is 1.65. The van der Waals surface area contributed by atoms with Crippen molar-refractivity contribution >= 4 is 17.4 Å². The van der Waals surface area contributed by atoms with Gasteiger partial charge in [-0.15, -0.1) is 0 Å². The number of amides is 1. The van der Waals surface area contributed by atoms with E-state index >= 15 is 0 Å². The maximum absolute atomic E-state index is 14.4. The summed E-state index contributed by atoms with van der Waals surface area (Å²) in [6, 6.07) is 23.3. The predicted octanol–water partition coefficient (Wildman–Crippen LogP) is 8.11. The molecule has 242 valence electrons. The highest BCUT2D eigenvalue weighted by Crippen LogP contribution is 2.43. The number of rotatable bonds is 11. The zero-order valence-corrected chi connectivity index (χ0v) is 27.2. The zero-order chi connectivity index (χ0) is 33.0. The molecule has 1 aromatic heterocycles. The number of halogens is 1. The van der Waals surface area contributed by atoms with Crippen molar-refractivity contribution in [2.24, 2.45) is 0 Å². The number of nitrogens with one attached hydrogen (secondary N) is 1. The third-order valence-corrected chi connectivity index (χ3v) is 8.27. The Bertz CT molecular complexity index is 1660. The Morgan fingerprint density at radius 2 is 1.61 bits per heavy atom. The Morgan fingerprint density at radius 1 is 0.957 bits per heavy atom. The summed E-state index contributed by atoms with van der Waals surface area (Å²) in [5.74, 6) is -1.42. The maximum atomic E-state index is 14.4. The molecule has 0 bridgehead atoms. The number of aliphatic hydroxyl groups is 1. The van der Waals surface area contributed by atoms with Gasteiger partial charge in [0.15, 0.2) is 5.79 Å². The molecule has 0 unspecified atom stereocenters. The molecule has 3 aromatic carbocycles. The van der Waals surface area contributed by atoms with E-state index in [0.717, 1.165) is 33.6 Å². The van der Waals surface area contributed by atoms with Gasteiger partial charge in [0, 0.05) is 36.3 Å². The lowest BCUT2D eigenvalue weighted by Crippen LogP contribution is -2.45. The molecular weight excluding hydrogens is 583 g/mol. The van der Waals surface area contributed by atoms with E-state index < -0.39 is 5.79 Å². The molecular formula is C38H43FN2O5. The van der Waals surface area contributed by atoms with E-state index in [9.17, 15) is 19.1 Å². The smallest absolute Gasteiger partial charge is 0.258 e. The van der Waals surface area contributed by atoms with E-state index in [4.69, 9.17) is 9.47 Å². The minimum Gasteiger partial charge on any atom is -0.392 e. The van der Waals surface area contributed by atoms with Crippen LogP contribution in [0, 0.1) is 5.82 Å². The molecule has 4 aromatic rings. The monoisotopic (exact) mass is 626 g/mol. The number of carbonyl (C=O) groups is 2. The first-order valence-corrected chi connectivity index (χ1v) is 15.9. The van der Waals surface area contributed by atoms with Crippen LogP contribution in [0.4, 0.5) is 10.1 Å². The van der Waals surface area contributed by atoms with Crippen LogP contribution in [0.25, 0.3) is 22.4 Å². The van der Waals surface area contributed by atoms with Gasteiger partial charge in [0.2, 0.25) is 0 Å². The average Bonchev–Trinajstić information content (AvgIpc) is 3.36. The van der Waals surface area contributed by atoms with Gasteiger partial charge in [-0.05, 0) is 86.2 Å². The first kappa shape index (κ1) is 33.3. The molecule has 0 saturated carbocycles. The zero-order valence-electron chi connectivity index (χ0n) is 27.2. The van der Waals surface area contributed by atoms with Gasteiger partial charge in [-0.3, -0.25) is 9.59 Å². The average molecular weight is 627 g/mol. The molecule has 1 fully saturated rings. The summed E-state index contributed by atoms with van der Waals surface area (Å²) in [5, 5.41) is 12.6. The van der Waals surface area contributed by atoms with Crippen molar-refractivity contribution in [3.8, 4) is 22.4 Å². The van der Waals surface area contributed by atoms with Crippen LogP contribution in [0.1, 0.15) is 81.4 Å². The highest BCUT2D eigenvalue weighted by molar-refractivity contribution is 6.12. The van der Waals surface area contributed by atoms with Gasteiger partial charge in [0.1, 0.15) is 11.6 Å². The molecule has 8 heteroatoms. The molecule has 1 saturated heterocycles. The van der Waals surface area contributed by atoms with Gasteiger partial charge in [-0.25, -0.2) is 4.39 Å². The van der Waals surface area contributed by atoms with Crippen molar-refractivity contribution in [3.63, 3.8) is 0 Å². The van der Waals surface area contributed by atoms with Gasteiger partial charge in [0.05, 0.1) is 30.1 Å². The van der Waals surface area contributed by atoms with Crippen LogP contribution in [0.5, 0.6) is 0 Å². The highest BCUT2D eigenvalue weighted by atomic mass is 19.1. The first-order chi connectivity index (χ1) is 22.0. The molecule has 0 radical (unpaired) electrons. The second-order valence-electron chi connectivity index (χ2n) is 12.8. The van der Waals surface area contributed by atoms with Crippen LogP contribution >= 0.6 is 0 Å². The summed E-state index contributed by atoms with van der Waals surface area (Å²) in [7, 11) is 0. The number of nitrogens with zero attached hydrogens (tertiary/aromatic N) is 1. The fraction of sp³-hybridized carbons (Fsp3) is 0.368. The summed E-state index contributed by atoms with van der Waals surface area (Å²) in [6.45, 7) is 9.88. The van der Waals surface area contributed by atoms with E-state index in [1.807, 2.05) is 44.2 Å². The number of ketones is 1. The standard InChI is InChI=1S/C38H43FN2O5/c1-24(2)35-34(37(44)40-30-17-11-26(23-42)12-18-30)33(27-9-7-6-8-10-27)36(28-13-15-29(39)16-14-28)41(35)20-19-31-22-32(21-25(3)43)46-38(4,5)45-31/h6-18,24,31-32,42H,19-23H2,1-5H3,(H,40,44)/t31-,32+/m1/s1. The lowest BCUT2D eigenvalue weighted by Gasteiger charge is -2.41. The molecule has 0 aliphatic carbocycles. The fourth-order valence-corrected chi connectivity index (χ4v) is 6.50. The minimum absolute atomic E-state index is 0.0494. The van der Waals surface area contributed by atoms with E-state index in [2.05, 4.69) is 23.7 Å². The van der Waals surface area contributed by atoms with Gasteiger partial charge < -0.3 is 24.5 Å². The van der Waals surface area contributed by atoms with Crippen molar-refractivity contribution in [2.45, 2.75) is 90.9 Å². The van der Waals surface area contributed by atoms with Crippen LogP contribution in [-0.2, 0) is 27.4 Å². The van der Waals surface area contributed by atoms with Gasteiger partial charge in [-0.1, -0.05) is 56.3 Å². The van der Waals surface area contributed by atoms with Crippen molar-refractivity contribution in [2.75, 3.05) is 5.32 Å². The second kappa shape index (κ2) is 14.1. The highest BCUT2D eigenvalue weighted by Gasteiger charge is 2.37. The fourth-order valence-electron chi connectivity index (χ4n) is 6.50. The third-order valence-electron chi connectivity index (χ3n) is 8.27. The first-order valence-electron chi connectivity index (χ1n) is 15.9. The number of aromatic nitrogens is 1. The van der Waals surface area contributed by atoms with E-state index in [-0.39, 0.29) is 42.2 Å². The second-order valence-corrected chi connectivity index (χ2v) is 12.8. The summed E-state index contributed by atoms with van der Waals surface area (Å²) in [6.07, 6.45) is 1.10. The third kappa shape index (κ3) is 7.64. The van der Waals surface area contributed by atoms with Crippen molar-refractivity contribution < 1.29 is 28.6 Å². The molecule has 7 nitrogen and oxygen atoms in total. The molecule has 2 atom stereocenters. The summed E-state index contributed by atoms with van der Waals surface area (Å²) in [4.78, 5) is 26.3. The molecule has 2 N–H and O–H groups in total. The lowest BCUT2D eigenvalue weighted by atomic mass is 9.94. The predicted molar refractivity (Wildman–Crippen MR) is 178 cm³/mol. The quantitative estimate of drug-likeness (QED) is 0.176. The minimum atomic E-state index is -0.841. The molecule has 5 rings (SSSR count). The number of hydrogen-bond donors (Lipinski definition) is 2. The van der Waals surface area contributed by atoms with E-state index in [0.29, 0.717) is 37.1 Å². The van der Waals surface area contributed by atoms with Crippen LogP contribution in [-0.4, -0.2) is 39.4 Å². The van der Waals surface area contributed by atoms with Gasteiger partial charge in [0.25, 0.3) is 5.91 Å². The number of Topliss-reactive ketones (excluding diaryl/α,β-unsaturated/α-hetero) is 1. The van der Waals surface area contributed by atoms with Gasteiger partial charge in [-0.2, -0.15) is 0 Å². The number of ether oxygens (including phenoxy) is 2. The Hall–Kier alpha value is -4.11. The van der Waals surface area contributed by atoms with Crippen molar-refractivity contribution in [1.82, 2.24) is 4.57 Å². The van der Waals surface area contributed by atoms with Crippen LogP contribution in [0.3, 0.4) is 0 Å². The van der Waals surface area contributed by atoms with Crippen molar-refractivity contribution in [1.29, 1.82) is 0 Å². The summed E-state index contributed by atoms with van der Waals surface area (Å²) >= 11 is 0. The lowest BCUT2D eigenvalue weighted by molar-refractivity contribution is -0.300. The molecule has 1 aliphatic rings. The maximum Gasteiger partial charge on any atom is 0.258 e. The molecule has 1 aliphatic heterocycles. The number of carbonyl (C=O) groups excluding carboxylic acids is 2. The Kier molecular flexibility index (Phi) is 10.2. The van der Waals surface area contributed by atoms with E-state index in [1.54, 1.807) is 43.3 Å². The largest absolute Gasteiger partial charge is 0.392 e. The number of anilines is 1. The Morgan fingerprint density at radius 3 is 2.22 bits per heavy atom. The number of benzene rings is 3. The molecule has 46 heavy (non-hydrogen) atoms. The molecule has 1 amide bonds. The number of aliphatic hydroxyl groups excluding tert-OH is 1. The van der Waals surface area contributed by atoms with Gasteiger partial charge >= 0.3 is 0 Å². The summed E-state index contributed by atoms with van der Waals surface area (Å²) in [5.41, 5.74) is 6.01. The Labute approximate surface area is 270 Å². The summed E-state index contributed by atoms with van der Waals surface area (Å²) < 4.78 is 28.8. The number of hydrogen-bond acceptors (Lipinski definition) is 5. The van der Waals surface area contributed by atoms with Crippen LogP contribution in [0.2, 0.25) is 0 Å². The molecule has 2 heterocycles.